The number of carboxylic acids is 1. The van der Waals surface area contributed by atoms with E-state index in [1.54, 1.807) is 0 Å². The van der Waals surface area contributed by atoms with Gasteiger partial charge in [0.05, 0.1) is 5.92 Å². The molecule has 6 nitrogen and oxygen atoms in total. The summed E-state index contributed by atoms with van der Waals surface area (Å²) in [6, 6.07) is 0.232. The Morgan fingerprint density at radius 1 is 1.11 bits per heavy atom. The SMILES string of the molecule is O=C(NCCCNC1CC1)NC1CCCC1C(=O)O. The Morgan fingerprint density at radius 2 is 1.89 bits per heavy atom. The molecule has 2 amide bonds. The third kappa shape index (κ3) is 4.70. The number of hydrogen-bond donors (Lipinski definition) is 4. The smallest absolute Gasteiger partial charge is 0.315 e. The Bertz CT molecular complexity index is 331. The minimum absolute atomic E-state index is 0.220. The molecule has 6 heteroatoms. The highest BCUT2D eigenvalue weighted by molar-refractivity contribution is 5.76. The van der Waals surface area contributed by atoms with E-state index in [0.29, 0.717) is 19.0 Å². The summed E-state index contributed by atoms with van der Waals surface area (Å²) < 4.78 is 0. The van der Waals surface area contributed by atoms with Crippen LogP contribution in [0.5, 0.6) is 0 Å². The summed E-state index contributed by atoms with van der Waals surface area (Å²) >= 11 is 0. The van der Waals surface area contributed by atoms with Crippen molar-refractivity contribution in [1.29, 1.82) is 0 Å². The van der Waals surface area contributed by atoms with Gasteiger partial charge in [0.25, 0.3) is 0 Å². The van der Waals surface area contributed by atoms with Crippen LogP contribution in [-0.4, -0.2) is 42.3 Å². The first-order valence-corrected chi connectivity index (χ1v) is 7.17. The highest BCUT2D eigenvalue weighted by Gasteiger charge is 2.33. The zero-order valence-corrected chi connectivity index (χ0v) is 11.2. The van der Waals surface area contributed by atoms with Gasteiger partial charge in [0.2, 0.25) is 0 Å². The molecule has 2 fully saturated rings. The molecule has 4 N–H and O–H groups in total. The second-order valence-corrected chi connectivity index (χ2v) is 5.46. The van der Waals surface area contributed by atoms with Crippen molar-refractivity contribution in [3.63, 3.8) is 0 Å². The molecular formula is C13H23N3O3. The number of amides is 2. The number of carbonyl (C=O) groups is 2. The van der Waals surface area contributed by atoms with Crippen molar-refractivity contribution < 1.29 is 14.7 Å². The molecule has 2 aliphatic carbocycles. The molecule has 2 rings (SSSR count). The molecule has 0 aromatic rings. The molecule has 0 aliphatic heterocycles. The van der Waals surface area contributed by atoms with Crippen molar-refractivity contribution in [2.45, 2.75) is 50.6 Å². The average molecular weight is 269 g/mol. The van der Waals surface area contributed by atoms with E-state index < -0.39 is 11.9 Å². The molecule has 0 radical (unpaired) electrons. The Kier molecular flexibility index (Phi) is 5.01. The van der Waals surface area contributed by atoms with E-state index in [4.69, 9.17) is 5.11 Å². The third-order valence-corrected chi connectivity index (χ3v) is 3.80. The Morgan fingerprint density at radius 3 is 2.58 bits per heavy atom. The fraction of sp³-hybridized carbons (Fsp3) is 0.846. The van der Waals surface area contributed by atoms with Crippen LogP contribution in [0.3, 0.4) is 0 Å². The highest BCUT2D eigenvalue weighted by atomic mass is 16.4. The van der Waals surface area contributed by atoms with Crippen LogP contribution in [0.2, 0.25) is 0 Å². The maximum Gasteiger partial charge on any atom is 0.315 e. The molecule has 2 atom stereocenters. The van der Waals surface area contributed by atoms with Gasteiger partial charge in [-0.3, -0.25) is 4.79 Å². The number of hydrogen-bond acceptors (Lipinski definition) is 3. The zero-order chi connectivity index (χ0) is 13.7. The fourth-order valence-corrected chi connectivity index (χ4v) is 2.53. The molecule has 2 aliphatic rings. The van der Waals surface area contributed by atoms with Gasteiger partial charge in [-0.05, 0) is 38.6 Å². The first-order chi connectivity index (χ1) is 9.16. The molecular weight excluding hydrogens is 246 g/mol. The summed E-state index contributed by atoms with van der Waals surface area (Å²) in [7, 11) is 0. The van der Waals surface area contributed by atoms with Crippen LogP contribution >= 0.6 is 0 Å². The van der Waals surface area contributed by atoms with Gasteiger partial charge in [-0.15, -0.1) is 0 Å². The lowest BCUT2D eigenvalue weighted by Gasteiger charge is -2.18. The monoisotopic (exact) mass is 269 g/mol. The molecule has 0 aromatic heterocycles. The summed E-state index contributed by atoms with van der Waals surface area (Å²) in [6.45, 7) is 1.54. The van der Waals surface area contributed by atoms with E-state index in [1.807, 2.05) is 0 Å². The topological polar surface area (TPSA) is 90.5 Å². The van der Waals surface area contributed by atoms with Crippen LogP contribution in [0.4, 0.5) is 4.79 Å². The summed E-state index contributed by atoms with van der Waals surface area (Å²) in [6.07, 6.45) is 5.72. The average Bonchev–Trinajstić information content (AvgIpc) is 3.06. The van der Waals surface area contributed by atoms with Crippen molar-refractivity contribution in [1.82, 2.24) is 16.0 Å². The molecule has 2 unspecified atom stereocenters. The number of rotatable bonds is 7. The van der Waals surface area contributed by atoms with Crippen LogP contribution in [0.15, 0.2) is 0 Å². The summed E-state index contributed by atoms with van der Waals surface area (Å²) in [4.78, 5) is 22.6. The molecule has 19 heavy (non-hydrogen) atoms. The van der Waals surface area contributed by atoms with Crippen molar-refractivity contribution in [3.8, 4) is 0 Å². The van der Waals surface area contributed by atoms with E-state index in [1.165, 1.54) is 12.8 Å². The normalized spacial score (nSPS) is 26.1. The molecule has 2 saturated carbocycles. The van der Waals surface area contributed by atoms with Crippen LogP contribution in [0, 0.1) is 5.92 Å². The van der Waals surface area contributed by atoms with Gasteiger partial charge in [-0.25, -0.2) is 4.79 Å². The maximum atomic E-state index is 11.6. The Balaban J connectivity index is 1.56. The van der Waals surface area contributed by atoms with E-state index >= 15 is 0 Å². The minimum Gasteiger partial charge on any atom is -0.481 e. The van der Waals surface area contributed by atoms with Crippen LogP contribution in [0.1, 0.15) is 38.5 Å². The third-order valence-electron chi connectivity index (χ3n) is 3.80. The number of urea groups is 1. The summed E-state index contributed by atoms with van der Waals surface area (Å²) in [5, 5.41) is 17.9. The van der Waals surface area contributed by atoms with Crippen molar-refractivity contribution >= 4 is 12.0 Å². The Hall–Kier alpha value is -1.30. The van der Waals surface area contributed by atoms with Gasteiger partial charge in [0, 0.05) is 18.6 Å². The number of aliphatic carboxylic acids is 1. The molecule has 0 aromatic carbocycles. The first kappa shape index (κ1) is 14.1. The molecule has 108 valence electrons. The molecule has 0 bridgehead atoms. The van der Waals surface area contributed by atoms with Gasteiger partial charge < -0.3 is 21.1 Å². The van der Waals surface area contributed by atoms with Gasteiger partial charge in [0.1, 0.15) is 0 Å². The summed E-state index contributed by atoms with van der Waals surface area (Å²) in [5.74, 6) is -1.24. The van der Waals surface area contributed by atoms with Crippen molar-refractivity contribution in [3.05, 3.63) is 0 Å². The lowest BCUT2D eigenvalue weighted by molar-refractivity contribution is -0.142. The first-order valence-electron chi connectivity index (χ1n) is 7.17. The van der Waals surface area contributed by atoms with Gasteiger partial charge in [-0.2, -0.15) is 0 Å². The quantitative estimate of drug-likeness (QED) is 0.512. The van der Waals surface area contributed by atoms with Crippen LogP contribution in [-0.2, 0) is 4.79 Å². The van der Waals surface area contributed by atoms with E-state index in [-0.39, 0.29) is 12.1 Å². The van der Waals surface area contributed by atoms with Crippen molar-refractivity contribution in [2.75, 3.05) is 13.1 Å². The predicted molar refractivity (Wildman–Crippen MR) is 70.9 cm³/mol. The van der Waals surface area contributed by atoms with Gasteiger partial charge >= 0.3 is 12.0 Å². The van der Waals surface area contributed by atoms with Gasteiger partial charge in [-0.1, -0.05) is 6.42 Å². The summed E-state index contributed by atoms with van der Waals surface area (Å²) in [5.41, 5.74) is 0. The zero-order valence-electron chi connectivity index (χ0n) is 11.2. The lowest BCUT2D eigenvalue weighted by atomic mass is 10.0. The lowest BCUT2D eigenvalue weighted by Crippen LogP contribution is -2.45. The van der Waals surface area contributed by atoms with Crippen LogP contribution in [0.25, 0.3) is 0 Å². The minimum atomic E-state index is -0.809. The fourth-order valence-electron chi connectivity index (χ4n) is 2.53. The second kappa shape index (κ2) is 6.75. The number of nitrogens with one attached hydrogen (secondary N) is 3. The van der Waals surface area contributed by atoms with E-state index in [0.717, 1.165) is 25.8 Å². The highest BCUT2D eigenvalue weighted by Crippen LogP contribution is 2.25. The molecule has 0 saturated heterocycles. The van der Waals surface area contributed by atoms with Gasteiger partial charge in [0.15, 0.2) is 0 Å². The second-order valence-electron chi connectivity index (χ2n) is 5.46. The maximum absolute atomic E-state index is 11.6. The Labute approximate surface area is 113 Å². The van der Waals surface area contributed by atoms with Crippen molar-refractivity contribution in [2.24, 2.45) is 5.92 Å². The largest absolute Gasteiger partial charge is 0.481 e. The molecule has 0 spiro atoms. The van der Waals surface area contributed by atoms with Crippen LogP contribution < -0.4 is 16.0 Å². The predicted octanol–water partition coefficient (Wildman–Crippen LogP) is 0.681. The number of carbonyl (C=O) groups excluding carboxylic acids is 1. The van der Waals surface area contributed by atoms with E-state index in [9.17, 15) is 9.59 Å². The number of carboxylic acid groups (broad SMARTS) is 1. The standard InChI is InChI=1S/C13H23N3O3/c17-12(18)10-3-1-4-11(10)16-13(19)15-8-2-7-14-9-5-6-9/h9-11,14H,1-8H2,(H,17,18)(H2,15,16,19). The van der Waals surface area contributed by atoms with E-state index in [2.05, 4.69) is 16.0 Å². The molecule has 0 heterocycles.